The summed E-state index contributed by atoms with van der Waals surface area (Å²) in [5, 5.41) is 0.620. The lowest BCUT2D eigenvalue weighted by atomic mass is 10.0. The van der Waals surface area contributed by atoms with Crippen LogP contribution in [0.25, 0.3) is 0 Å². The average molecular weight is 431 g/mol. The number of aryl methyl sites for hydroxylation is 1. The van der Waals surface area contributed by atoms with Crippen LogP contribution in [0.1, 0.15) is 23.6 Å². The minimum absolute atomic E-state index is 0.131. The third kappa shape index (κ3) is 5.52. The number of piperazine rings is 1. The highest BCUT2D eigenvalue weighted by atomic mass is 35.5. The number of carbonyl (C=O) groups excluding carboxylic acids is 2. The number of halogens is 1. The molecule has 6 nitrogen and oxygen atoms in total. The molecule has 1 aliphatic rings. The van der Waals surface area contributed by atoms with Gasteiger partial charge in [0.15, 0.2) is 0 Å². The molecule has 7 heteroatoms. The highest BCUT2D eigenvalue weighted by Crippen LogP contribution is 2.25. The second-order valence-corrected chi connectivity index (χ2v) is 7.68. The van der Waals surface area contributed by atoms with Gasteiger partial charge in [0, 0.05) is 37.6 Å². The highest BCUT2D eigenvalue weighted by molar-refractivity contribution is 6.30. The van der Waals surface area contributed by atoms with Gasteiger partial charge in [-0.25, -0.2) is 4.79 Å². The van der Waals surface area contributed by atoms with Gasteiger partial charge in [-0.15, -0.1) is 0 Å². The summed E-state index contributed by atoms with van der Waals surface area (Å²) in [5.41, 5.74) is 1.95. The molecule has 160 valence electrons. The SMILES string of the molecule is COC(=O)C(c1ccc(Cl)cc1)N1CCN(C(=O)CCc2ccc(OC)cc2)CC1. The molecule has 1 saturated heterocycles. The predicted octanol–water partition coefficient (Wildman–Crippen LogP) is 3.34. The Labute approximate surface area is 182 Å². The molecule has 0 aliphatic carbocycles. The van der Waals surface area contributed by atoms with Crippen molar-refractivity contribution in [3.63, 3.8) is 0 Å². The maximum Gasteiger partial charge on any atom is 0.327 e. The Kier molecular flexibility index (Phi) is 7.71. The third-order valence-electron chi connectivity index (χ3n) is 5.43. The molecule has 0 bridgehead atoms. The Hall–Kier alpha value is -2.57. The van der Waals surface area contributed by atoms with Crippen molar-refractivity contribution >= 4 is 23.5 Å². The molecule has 0 radical (unpaired) electrons. The van der Waals surface area contributed by atoms with E-state index in [0.717, 1.165) is 16.9 Å². The molecular formula is C23H27ClN2O4. The quantitative estimate of drug-likeness (QED) is 0.630. The summed E-state index contributed by atoms with van der Waals surface area (Å²) in [7, 11) is 3.03. The molecule has 0 spiro atoms. The largest absolute Gasteiger partial charge is 0.497 e. The van der Waals surface area contributed by atoms with Gasteiger partial charge in [0.2, 0.25) is 5.91 Å². The number of carbonyl (C=O) groups is 2. The first kappa shape index (κ1) is 22.1. The van der Waals surface area contributed by atoms with Crippen LogP contribution >= 0.6 is 11.6 Å². The number of nitrogens with zero attached hydrogens (tertiary/aromatic N) is 2. The van der Waals surface area contributed by atoms with Crippen LogP contribution in [-0.2, 0) is 20.7 Å². The average Bonchev–Trinajstić information content (AvgIpc) is 2.79. The molecular weight excluding hydrogens is 404 g/mol. The summed E-state index contributed by atoms with van der Waals surface area (Å²) in [6, 6.07) is 14.5. The Balaban J connectivity index is 1.55. The minimum Gasteiger partial charge on any atom is -0.497 e. The fourth-order valence-corrected chi connectivity index (χ4v) is 3.81. The molecule has 1 unspecified atom stereocenters. The van der Waals surface area contributed by atoms with Crippen molar-refractivity contribution in [2.45, 2.75) is 18.9 Å². The fraction of sp³-hybridized carbons (Fsp3) is 0.391. The lowest BCUT2D eigenvalue weighted by Gasteiger charge is -2.38. The van der Waals surface area contributed by atoms with E-state index in [2.05, 4.69) is 4.90 Å². The summed E-state index contributed by atoms with van der Waals surface area (Å²) < 4.78 is 10.2. The molecule has 3 rings (SSSR count). The van der Waals surface area contributed by atoms with Crippen LogP contribution in [-0.4, -0.2) is 62.1 Å². The zero-order valence-electron chi connectivity index (χ0n) is 17.3. The van der Waals surface area contributed by atoms with E-state index in [4.69, 9.17) is 21.1 Å². The molecule has 30 heavy (non-hydrogen) atoms. The number of rotatable bonds is 7. The standard InChI is InChI=1S/C23H27ClN2O4/c1-29-20-10-3-17(4-11-20)5-12-21(27)25-13-15-26(16-14-25)22(23(28)30-2)18-6-8-19(24)9-7-18/h3-4,6-11,22H,5,12-16H2,1-2H3. The van der Waals surface area contributed by atoms with E-state index in [0.29, 0.717) is 44.0 Å². The van der Waals surface area contributed by atoms with Crippen molar-refractivity contribution in [3.8, 4) is 5.75 Å². The molecule has 0 aromatic heterocycles. The van der Waals surface area contributed by atoms with Crippen LogP contribution in [0.3, 0.4) is 0 Å². The zero-order chi connectivity index (χ0) is 21.5. The van der Waals surface area contributed by atoms with Gasteiger partial charge in [-0.05, 0) is 41.8 Å². The summed E-state index contributed by atoms with van der Waals surface area (Å²) in [5.74, 6) is 0.630. The third-order valence-corrected chi connectivity index (χ3v) is 5.68. The van der Waals surface area contributed by atoms with Crippen LogP contribution in [0.5, 0.6) is 5.75 Å². The van der Waals surface area contributed by atoms with Crippen molar-refractivity contribution in [1.82, 2.24) is 9.80 Å². The summed E-state index contributed by atoms with van der Waals surface area (Å²) >= 11 is 5.98. The first-order chi connectivity index (χ1) is 14.5. The Morgan fingerprint density at radius 3 is 2.17 bits per heavy atom. The van der Waals surface area contributed by atoms with E-state index in [1.807, 2.05) is 41.3 Å². The second kappa shape index (κ2) is 10.5. The molecule has 2 aromatic rings. The number of amides is 1. The first-order valence-corrected chi connectivity index (χ1v) is 10.4. The van der Waals surface area contributed by atoms with Crippen LogP contribution < -0.4 is 4.74 Å². The number of benzene rings is 2. The van der Waals surface area contributed by atoms with Crippen molar-refractivity contribution in [1.29, 1.82) is 0 Å². The van der Waals surface area contributed by atoms with Crippen LogP contribution in [0.2, 0.25) is 5.02 Å². The molecule has 0 saturated carbocycles. The number of hydrogen-bond acceptors (Lipinski definition) is 5. The maximum absolute atomic E-state index is 12.6. The topological polar surface area (TPSA) is 59.1 Å². The molecule has 2 aromatic carbocycles. The van der Waals surface area contributed by atoms with Crippen molar-refractivity contribution in [2.75, 3.05) is 40.4 Å². The van der Waals surface area contributed by atoms with Gasteiger partial charge in [-0.1, -0.05) is 35.9 Å². The van der Waals surface area contributed by atoms with Crippen molar-refractivity contribution in [3.05, 3.63) is 64.7 Å². The minimum atomic E-state index is -0.496. The van der Waals surface area contributed by atoms with Gasteiger partial charge >= 0.3 is 5.97 Å². The zero-order valence-corrected chi connectivity index (χ0v) is 18.1. The first-order valence-electron chi connectivity index (χ1n) is 10.00. The van der Waals surface area contributed by atoms with Gasteiger partial charge in [-0.2, -0.15) is 0 Å². The molecule has 1 amide bonds. The monoisotopic (exact) mass is 430 g/mol. The Morgan fingerprint density at radius 1 is 0.967 bits per heavy atom. The molecule has 1 atom stereocenters. The lowest BCUT2D eigenvalue weighted by Crippen LogP contribution is -2.51. The highest BCUT2D eigenvalue weighted by Gasteiger charge is 2.32. The normalized spacial score (nSPS) is 15.5. The van der Waals surface area contributed by atoms with E-state index in [-0.39, 0.29) is 11.9 Å². The van der Waals surface area contributed by atoms with Crippen LogP contribution in [0, 0.1) is 0 Å². The van der Waals surface area contributed by atoms with E-state index in [1.165, 1.54) is 7.11 Å². The molecule has 1 aliphatic heterocycles. The van der Waals surface area contributed by atoms with Crippen molar-refractivity contribution in [2.24, 2.45) is 0 Å². The van der Waals surface area contributed by atoms with E-state index >= 15 is 0 Å². The Morgan fingerprint density at radius 2 is 1.60 bits per heavy atom. The summed E-state index contributed by atoms with van der Waals surface area (Å²) in [6.45, 7) is 2.39. The smallest absolute Gasteiger partial charge is 0.327 e. The second-order valence-electron chi connectivity index (χ2n) is 7.24. The van der Waals surface area contributed by atoms with E-state index < -0.39 is 6.04 Å². The molecule has 0 N–H and O–H groups in total. The van der Waals surface area contributed by atoms with E-state index in [9.17, 15) is 9.59 Å². The predicted molar refractivity (Wildman–Crippen MR) is 116 cm³/mol. The number of hydrogen-bond donors (Lipinski definition) is 0. The van der Waals surface area contributed by atoms with Gasteiger partial charge in [0.05, 0.1) is 14.2 Å². The number of ether oxygens (including phenoxy) is 2. The molecule has 1 fully saturated rings. The van der Waals surface area contributed by atoms with Gasteiger partial charge in [0.1, 0.15) is 11.8 Å². The summed E-state index contributed by atoms with van der Waals surface area (Å²) in [6.07, 6.45) is 1.16. The molecule has 1 heterocycles. The lowest BCUT2D eigenvalue weighted by molar-refractivity contribution is -0.148. The fourth-order valence-electron chi connectivity index (χ4n) is 3.68. The van der Waals surface area contributed by atoms with Gasteiger partial charge < -0.3 is 14.4 Å². The summed E-state index contributed by atoms with van der Waals surface area (Å²) in [4.78, 5) is 29.0. The number of esters is 1. The van der Waals surface area contributed by atoms with Crippen molar-refractivity contribution < 1.29 is 19.1 Å². The maximum atomic E-state index is 12.6. The van der Waals surface area contributed by atoms with Gasteiger partial charge in [-0.3, -0.25) is 9.69 Å². The van der Waals surface area contributed by atoms with Crippen LogP contribution in [0.15, 0.2) is 48.5 Å². The van der Waals surface area contributed by atoms with E-state index in [1.54, 1.807) is 19.2 Å². The number of methoxy groups -OCH3 is 2. The van der Waals surface area contributed by atoms with Crippen LogP contribution in [0.4, 0.5) is 0 Å². The Bertz CT molecular complexity index is 847. The van der Waals surface area contributed by atoms with Gasteiger partial charge in [0.25, 0.3) is 0 Å².